The Kier molecular flexibility index (Phi) is 14.8. The maximum Gasteiger partial charge on any atom is 0.407 e. The lowest BCUT2D eigenvalue weighted by molar-refractivity contribution is -0.282. The van der Waals surface area contributed by atoms with Gasteiger partial charge in [0, 0.05) is 33.4 Å². The summed E-state index contributed by atoms with van der Waals surface area (Å²) < 4.78 is 48.7. The van der Waals surface area contributed by atoms with Gasteiger partial charge in [-0.2, -0.15) is 0 Å². The molecule has 0 spiro atoms. The molecule has 7 rings (SSSR count). The number of fused-ring (bicyclic) bond motifs is 3. The standard InChI is InChI=1S/C50H54N2O11/c1-32(53)52-45-47(62-33(2)54)46(58-5)44(31-61-50(34-14-7-6-8-15-34,35-20-24-37(56-3)25-21-35)36-22-26-38(57-4)27-23-36)63-48(45)59-29-13-28-51-49(55)60-30-43-41-18-11-9-16-39(41)40-17-10-12-19-42(40)43/h6-12,14-27,43-48H,13,28-31H2,1-5H3,(H,51,55)(H,52,53)/t44-,45-,46+,47-,48-/m1/s1. The molecule has 5 aromatic rings. The summed E-state index contributed by atoms with van der Waals surface area (Å²) in [5.74, 6) is 0.307. The van der Waals surface area contributed by atoms with Crippen LogP contribution in [-0.4, -0.2) is 96.3 Å². The highest BCUT2D eigenvalue weighted by Gasteiger charge is 2.51. The third-order valence-corrected chi connectivity index (χ3v) is 11.4. The van der Waals surface area contributed by atoms with Gasteiger partial charge in [0.2, 0.25) is 5.91 Å². The highest BCUT2D eigenvalue weighted by molar-refractivity contribution is 5.79. The molecule has 0 unspecified atom stereocenters. The first-order valence-electron chi connectivity index (χ1n) is 21.0. The van der Waals surface area contributed by atoms with Crippen LogP contribution >= 0.6 is 0 Å². The van der Waals surface area contributed by atoms with Crippen LogP contribution in [-0.2, 0) is 43.6 Å². The molecule has 5 aromatic carbocycles. The monoisotopic (exact) mass is 858 g/mol. The molecular formula is C50H54N2O11. The van der Waals surface area contributed by atoms with E-state index in [2.05, 4.69) is 34.9 Å². The SMILES string of the molecule is COc1ccc(C(OC[C@H]2O[C@@H](OCCCNC(=O)OCC3c4ccccc4-c4ccccc43)[C@H](NC(C)=O)[C@@H](OC(C)=O)[C@H]2OC)(c2ccccc2)c2ccc(OC)cc2)cc1. The van der Waals surface area contributed by atoms with Gasteiger partial charge in [-0.3, -0.25) is 9.59 Å². The molecule has 1 fully saturated rings. The van der Waals surface area contributed by atoms with Gasteiger partial charge in [-0.1, -0.05) is 103 Å². The molecule has 13 heteroatoms. The predicted octanol–water partition coefficient (Wildman–Crippen LogP) is 7.13. The van der Waals surface area contributed by atoms with Crippen LogP contribution < -0.4 is 20.1 Å². The lowest BCUT2D eigenvalue weighted by Gasteiger charge is -2.46. The van der Waals surface area contributed by atoms with E-state index in [1.807, 2.05) is 103 Å². The van der Waals surface area contributed by atoms with Gasteiger partial charge >= 0.3 is 12.1 Å². The number of nitrogens with one attached hydrogen (secondary N) is 2. The van der Waals surface area contributed by atoms with Gasteiger partial charge in [0.1, 0.15) is 42.0 Å². The molecule has 0 radical (unpaired) electrons. The van der Waals surface area contributed by atoms with Gasteiger partial charge in [-0.25, -0.2) is 4.79 Å². The van der Waals surface area contributed by atoms with E-state index in [0.29, 0.717) is 17.9 Å². The zero-order valence-electron chi connectivity index (χ0n) is 36.1. The lowest BCUT2D eigenvalue weighted by Crippen LogP contribution is -2.66. The van der Waals surface area contributed by atoms with Crippen LogP contribution in [0.25, 0.3) is 11.1 Å². The molecule has 1 heterocycles. The summed E-state index contributed by atoms with van der Waals surface area (Å²) in [4.78, 5) is 38.2. The maximum atomic E-state index is 12.9. The second-order valence-electron chi connectivity index (χ2n) is 15.3. The van der Waals surface area contributed by atoms with Crippen LogP contribution in [0.4, 0.5) is 4.79 Å². The number of carbonyl (C=O) groups excluding carboxylic acids is 3. The largest absolute Gasteiger partial charge is 0.497 e. The molecular weight excluding hydrogens is 805 g/mol. The molecule has 1 aliphatic carbocycles. The van der Waals surface area contributed by atoms with Crippen molar-refractivity contribution in [3.63, 3.8) is 0 Å². The van der Waals surface area contributed by atoms with Gasteiger partial charge in [0.15, 0.2) is 12.4 Å². The molecule has 2 aliphatic rings. The molecule has 0 aromatic heterocycles. The van der Waals surface area contributed by atoms with Gasteiger partial charge in [0.05, 0.1) is 27.4 Å². The number of methoxy groups -OCH3 is 3. The molecule has 0 saturated carbocycles. The van der Waals surface area contributed by atoms with E-state index in [1.54, 1.807) is 14.2 Å². The Hall–Kier alpha value is -6.25. The third-order valence-electron chi connectivity index (χ3n) is 11.4. The summed E-state index contributed by atoms with van der Waals surface area (Å²) >= 11 is 0. The maximum absolute atomic E-state index is 12.9. The minimum Gasteiger partial charge on any atom is -0.497 e. The zero-order chi connectivity index (χ0) is 44.3. The highest BCUT2D eigenvalue weighted by atomic mass is 16.7. The van der Waals surface area contributed by atoms with E-state index in [1.165, 1.54) is 21.0 Å². The summed E-state index contributed by atoms with van der Waals surface area (Å²) in [5.41, 5.74) is 5.77. The number of esters is 1. The van der Waals surface area contributed by atoms with E-state index >= 15 is 0 Å². The summed E-state index contributed by atoms with van der Waals surface area (Å²) in [6.45, 7) is 3.09. The van der Waals surface area contributed by atoms with E-state index in [4.69, 9.17) is 37.9 Å². The van der Waals surface area contributed by atoms with Crippen LogP contribution in [0.5, 0.6) is 11.5 Å². The van der Waals surface area contributed by atoms with Gasteiger partial charge in [-0.05, 0) is 69.6 Å². The number of hydrogen-bond donors (Lipinski definition) is 2. The Bertz CT molecular complexity index is 2210. The van der Waals surface area contributed by atoms with Crippen molar-refractivity contribution in [3.8, 4) is 22.6 Å². The molecule has 1 aliphatic heterocycles. The number of amides is 2. The van der Waals surface area contributed by atoms with Crippen molar-refractivity contribution < 1.29 is 52.3 Å². The number of alkyl carbamates (subject to hydrolysis) is 1. The lowest BCUT2D eigenvalue weighted by atomic mass is 9.80. The number of ether oxygens (including phenoxy) is 8. The molecule has 5 atom stereocenters. The Morgan fingerprint density at radius 2 is 1.22 bits per heavy atom. The van der Waals surface area contributed by atoms with E-state index in [-0.39, 0.29) is 32.3 Å². The summed E-state index contributed by atoms with van der Waals surface area (Å²) in [7, 11) is 4.70. The van der Waals surface area contributed by atoms with E-state index in [0.717, 1.165) is 38.9 Å². The predicted molar refractivity (Wildman–Crippen MR) is 235 cm³/mol. The Labute approximate surface area is 367 Å². The second kappa shape index (κ2) is 20.7. The number of carbonyl (C=O) groups is 3. The average Bonchev–Trinajstić information content (AvgIpc) is 3.63. The van der Waals surface area contributed by atoms with Crippen molar-refractivity contribution in [1.29, 1.82) is 0 Å². The molecule has 13 nitrogen and oxygen atoms in total. The number of benzene rings is 5. The fourth-order valence-electron chi connectivity index (χ4n) is 8.58. The van der Waals surface area contributed by atoms with Crippen molar-refractivity contribution in [2.45, 2.75) is 62.4 Å². The molecule has 330 valence electrons. The van der Waals surface area contributed by atoms with Gasteiger partial charge < -0.3 is 48.5 Å². The highest BCUT2D eigenvalue weighted by Crippen LogP contribution is 2.45. The summed E-state index contributed by atoms with van der Waals surface area (Å²) in [6, 6.07) is 40.4. The molecule has 0 bridgehead atoms. The van der Waals surface area contributed by atoms with Crippen LogP contribution in [0, 0.1) is 0 Å². The minimum atomic E-state index is -1.20. The van der Waals surface area contributed by atoms with Crippen LogP contribution in [0.15, 0.2) is 127 Å². The first-order chi connectivity index (χ1) is 30.7. The third kappa shape index (κ3) is 10.0. The van der Waals surface area contributed by atoms with Crippen molar-refractivity contribution in [2.24, 2.45) is 0 Å². The normalized spacial score (nSPS) is 19.3. The molecule has 2 amide bonds. The number of hydrogen-bond acceptors (Lipinski definition) is 11. The van der Waals surface area contributed by atoms with Gasteiger partial charge in [0.25, 0.3) is 0 Å². The Morgan fingerprint density at radius 1 is 0.667 bits per heavy atom. The topological polar surface area (TPSA) is 149 Å². The molecule has 63 heavy (non-hydrogen) atoms. The van der Waals surface area contributed by atoms with Crippen molar-refractivity contribution in [1.82, 2.24) is 10.6 Å². The molecule has 2 N–H and O–H groups in total. The second-order valence-corrected chi connectivity index (χ2v) is 15.3. The number of rotatable bonds is 18. The summed E-state index contributed by atoms with van der Waals surface area (Å²) in [5, 5.41) is 5.68. The first-order valence-corrected chi connectivity index (χ1v) is 21.0. The first kappa shape index (κ1) is 44.8. The summed E-state index contributed by atoms with van der Waals surface area (Å²) in [6.07, 6.45) is -4.10. The zero-order valence-corrected chi connectivity index (χ0v) is 36.1. The van der Waals surface area contributed by atoms with Crippen LogP contribution in [0.2, 0.25) is 0 Å². The van der Waals surface area contributed by atoms with E-state index < -0.39 is 54.2 Å². The van der Waals surface area contributed by atoms with Gasteiger partial charge in [-0.15, -0.1) is 0 Å². The fraction of sp³-hybridized carbons (Fsp3) is 0.340. The molecule has 1 saturated heterocycles. The Morgan fingerprint density at radius 3 is 1.76 bits per heavy atom. The van der Waals surface area contributed by atoms with E-state index in [9.17, 15) is 14.4 Å². The smallest absolute Gasteiger partial charge is 0.407 e. The Balaban J connectivity index is 1.08. The van der Waals surface area contributed by atoms with Crippen LogP contribution in [0.1, 0.15) is 54.0 Å². The quantitative estimate of drug-likeness (QED) is 0.0527. The van der Waals surface area contributed by atoms with Crippen LogP contribution in [0.3, 0.4) is 0 Å². The average molecular weight is 859 g/mol. The fourth-order valence-corrected chi connectivity index (χ4v) is 8.58. The minimum absolute atomic E-state index is 0.0658. The van der Waals surface area contributed by atoms with Crippen molar-refractivity contribution in [3.05, 3.63) is 155 Å². The van der Waals surface area contributed by atoms with Crippen molar-refractivity contribution in [2.75, 3.05) is 47.7 Å². The van der Waals surface area contributed by atoms with Crippen molar-refractivity contribution >= 4 is 18.0 Å².